The molecule has 0 unspecified atom stereocenters. The first-order valence-electron chi connectivity index (χ1n) is 10.2. The van der Waals surface area contributed by atoms with Gasteiger partial charge in [-0.05, 0) is 40.9 Å². The first-order chi connectivity index (χ1) is 13.4. The van der Waals surface area contributed by atoms with Crippen LogP contribution in [0.1, 0.15) is 70.7 Å². The third-order valence-corrected chi connectivity index (χ3v) is 5.52. The second-order valence-electron chi connectivity index (χ2n) is 9.85. The average molecular weight is 508 g/mol. The van der Waals surface area contributed by atoms with Crippen LogP contribution in [0.3, 0.4) is 0 Å². The van der Waals surface area contributed by atoms with Crippen LogP contribution in [0.4, 0.5) is 0 Å². The van der Waals surface area contributed by atoms with Crippen molar-refractivity contribution in [2.24, 2.45) is 0 Å². The second-order valence-corrected chi connectivity index (χ2v) is 13.6. The Bertz CT molecular complexity index is 937. The number of aryl methyl sites for hydroxylation is 2. The summed E-state index contributed by atoms with van der Waals surface area (Å²) < 4.78 is 0. The molecule has 3 aromatic rings. The zero-order chi connectivity index (χ0) is 22.0. The van der Waals surface area contributed by atoms with Crippen LogP contribution in [-0.4, -0.2) is 0 Å². The van der Waals surface area contributed by atoms with Crippen molar-refractivity contribution in [3.63, 3.8) is 0 Å². The summed E-state index contributed by atoms with van der Waals surface area (Å²) in [6.45, 7) is 18.3. The van der Waals surface area contributed by atoms with Crippen LogP contribution in [-0.2, 0) is 38.1 Å². The van der Waals surface area contributed by atoms with Gasteiger partial charge >= 0.3 is 37.9 Å². The van der Waals surface area contributed by atoms with Gasteiger partial charge in [0.25, 0.3) is 0 Å². The Balaban J connectivity index is 0.000000941. The molecule has 29 heavy (non-hydrogen) atoms. The SMILES string of the molecule is CCc1cc2c(-c3cc(C(C)(C)C)cc(C(C)(C)C)c3)c(C)ccc2[cH-]1.[Cl][Zr][Cl]. The molecule has 0 heterocycles. The number of halogens is 2. The van der Waals surface area contributed by atoms with Crippen molar-refractivity contribution in [1.82, 2.24) is 0 Å². The molecule has 0 aliphatic heterocycles. The number of fused-ring (bicyclic) bond motifs is 1. The van der Waals surface area contributed by atoms with E-state index < -0.39 is 20.8 Å². The summed E-state index contributed by atoms with van der Waals surface area (Å²) in [6.07, 6.45) is 1.09. The Morgan fingerprint density at radius 2 is 1.38 bits per heavy atom. The Morgan fingerprint density at radius 1 is 0.862 bits per heavy atom. The number of benzene rings is 2. The van der Waals surface area contributed by atoms with Gasteiger partial charge in [-0.15, -0.1) is 34.5 Å². The van der Waals surface area contributed by atoms with Crippen molar-refractivity contribution in [3.05, 3.63) is 64.7 Å². The molecule has 0 radical (unpaired) electrons. The zero-order valence-corrected chi connectivity index (χ0v) is 23.0. The molecular formula is C26H33Cl2Zr-. The molecule has 0 aliphatic rings. The topological polar surface area (TPSA) is 0 Å². The Morgan fingerprint density at radius 3 is 1.83 bits per heavy atom. The standard InChI is InChI=1S/C26H33.2ClH.Zr/c1-9-18-12-19-11-10-17(2)24(23(19)13-18)20-14-21(25(3,4)5)16-22(15-20)26(6,7)8;;;/h10-16H,9H2,1-8H3;2*1H;/q-1;;;+2/p-2. The van der Waals surface area contributed by atoms with Crippen LogP contribution in [0.25, 0.3) is 21.9 Å². The van der Waals surface area contributed by atoms with Crippen molar-refractivity contribution < 1.29 is 20.8 Å². The van der Waals surface area contributed by atoms with E-state index in [1.54, 1.807) is 0 Å². The van der Waals surface area contributed by atoms with Gasteiger partial charge in [0.15, 0.2) is 0 Å². The maximum atomic E-state index is 4.93. The molecule has 156 valence electrons. The van der Waals surface area contributed by atoms with Crippen molar-refractivity contribution in [2.75, 3.05) is 0 Å². The quantitative estimate of drug-likeness (QED) is 0.304. The fraction of sp³-hybridized carbons (Fsp3) is 0.423. The molecule has 0 aliphatic carbocycles. The van der Waals surface area contributed by atoms with E-state index in [2.05, 4.69) is 97.9 Å². The number of hydrogen-bond donors (Lipinski definition) is 0. The van der Waals surface area contributed by atoms with Crippen LogP contribution in [0, 0.1) is 6.92 Å². The van der Waals surface area contributed by atoms with Gasteiger partial charge in [-0.1, -0.05) is 77.8 Å². The van der Waals surface area contributed by atoms with Gasteiger partial charge in [-0.2, -0.15) is 6.07 Å². The summed E-state index contributed by atoms with van der Waals surface area (Å²) >= 11 is -0.826. The molecule has 0 spiro atoms. The van der Waals surface area contributed by atoms with Gasteiger partial charge in [0.1, 0.15) is 0 Å². The molecule has 0 N–H and O–H groups in total. The minimum absolute atomic E-state index is 0.137. The zero-order valence-electron chi connectivity index (χ0n) is 19.0. The van der Waals surface area contributed by atoms with Crippen molar-refractivity contribution in [3.8, 4) is 11.1 Å². The van der Waals surface area contributed by atoms with Crippen LogP contribution in [0.2, 0.25) is 0 Å². The van der Waals surface area contributed by atoms with Crippen molar-refractivity contribution >= 4 is 27.8 Å². The second kappa shape index (κ2) is 9.76. The summed E-state index contributed by atoms with van der Waals surface area (Å²) in [5.41, 5.74) is 8.65. The molecule has 0 atom stereocenters. The van der Waals surface area contributed by atoms with Crippen LogP contribution < -0.4 is 0 Å². The molecule has 0 nitrogen and oxygen atoms in total. The average Bonchev–Trinajstić information content (AvgIpc) is 3.03. The first kappa shape index (κ1) is 24.8. The predicted octanol–water partition coefficient (Wildman–Crippen LogP) is 9.07. The van der Waals surface area contributed by atoms with E-state index in [0.717, 1.165) is 6.42 Å². The maximum absolute atomic E-state index is 4.93. The van der Waals surface area contributed by atoms with Crippen LogP contribution in [0.15, 0.2) is 42.5 Å². The fourth-order valence-electron chi connectivity index (χ4n) is 3.68. The number of rotatable bonds is 2. The van der Waals surface area contributed by atoms with E-state index in [9.17, 15) is 0 Å². The monoisotopic (exact) mass is 505 g/mol. The summed E-state index contributed by atoms with van der Waals surface area (Å²) in [4.78, 5) is 0. The van der Waals surface area contributed by atoms with Crippen LogP contribution >= 0.6 is 17.0 Å². The summed E-state index contributed by atoms with van der Waals surface area (Å²) in [5.74, 6) is 0. The van der Waals surface area contributed by atoms with E-state index in [1.807, 2.05) is 0 Å². The Hall–Kier alpha value is -0.487. The molecule has 3 rings (SSSR count). The first-order valence-corrected chi connectivity index (χ1v) is 16.6. The van der Waals surface area contributed by atoms with Gasteiger partial charge in [-0.25, -0.2) is 0 Å². The molecule has 3 aromatic carbocycles. The molecular weight excluding hydrogens is 474 g/mol. The summed E-state index contributed by atoms with van der Waals surface area (Å²) in [5, 5.41) is 2.76. The third-order valence-electron chi connectivity index (χ3n) is 5.52. The van der Waals surface area contributed by atoms with Crippen molar-refractivity contribution in [1.29, 1.82) is 0 Å². The molecule has 0 amide bonds. The van der Waals surface area contributed by atoms with Gasteiger partial charge in [0, 0.05) is 0 Å². The molecule has 3 heteroatoms. The molecule has 0 fully saturated rings. The van der Waals surface area contributed by atoms with Gasteiger partial charge < -0.3 is 0 Å². The normalized spacial score (nSPS) is 11.9. The van der Waals surface area contributed by atoms with Gasteiger partial charge in [0.2, 0.25) is 0 Å². The molecule has 0 saturated heterocycles. The summed E-state index contributed by atoms with van der Waals surface area (Å²) in [7, 11) is 9.87. The summed E-state index contributed by atoms with van der Waals surface area (Å²) in [6, 6.07) is 16.5. The number of hydrogen-bond acceptors (Lipinski definition) is 0. The third kappa shape index (κ3) is 6.03. The van der Waals surface area contributed by atoms with E-state index >= 15 is 0 Å². The van der Waals surface area contributed by atoms with E-state index in [0.29, 0.717) is 0 Å². The Labute approximate surface area is 196 Å². The van der Waals surface area contributed by atoms with Gasteiger partial charge in [0.05, 0.1) is 0 Å². The molecule has 0 bridgehead atoms. The van der Waals surface area contributed by atoms with E-state index in [4.69, 9.17) is 17.0 Å². The molecule has 0 saturated carbocycles. The molecule has 0 aromatic heterocycles. The van der Waals surface area contributed by atoms with E-state index in [1.165, 1.54) is 44.2 Å². The van der Waals surface area contributed by atoms with Crippen LogP contribution in [0.5, 0.6) is 0 Å². The minimum atomic E-state index is -0.826. The Kier molecular flexibility index (Phi) is 8.34. The van der Waals surface area contributed by atoms with E-state index in [-0.39, 0.29) is 10.8 Å². The fourth-order valence-corrected chi connectivity index (χ4v) is 3.68. The van der Waals surface area contributed by atoms with Gasteiger partial charge in [-0.3, -0.25) is 0 Å². The van der Waals surface area contributed by atoms with Crippen molar-refractivity contribution in [2.45, 2.75) is 72.6 Å². The predicted molar refractivity (Wildman–Crippen MR) is 128 cm³/mol.